The minimum absolute atomic E-state index is 0.221. The van der Waals surface area contributed by atoms with Crippen LogP contribution in [0.15, 0.2) is 146 Å². The van der Waals surface area contributed by atoms with Gasteiger partial charge < -0.3 is 89.9 Å². The third-order valence-electron chi connectivity index (χ3n) is 17.1. The molecule has 17 atom stereocenters. The van der Waals surface area contributed by atoms with Gasteiger partial charge in [-0.25, -0.2) is 0 Å². The van der Waals surface area contributed by atoms with E-state index >= 15 is 0 Å². The first-order valence-electron chi connectivity index (χ1n) is 36.6. The third kappa shape index (κ3) is 38.3. The summed E-state index contributed by atoms with van der Waals surface area (Å²) in [6, 6.07) is -0.988. The Kier molecular flexibility index (Phi) is 51.3. The van der Waals surface area contributed by atoms with Crippen molar-refractivity contribution in [2.75, 3.05) is 26.4 Å². The Morgan fingerprint density at radius 2 is 0.711 bits per heavy atom. The van der Waals surface area contributed by atoms with Crippen molar-refractivity contribution in [3.05, 3.63) is 146 Å². The van der Waals surface area contributed by atoms with E-state index in [0.29, 0.717) is 6.42 Å². The van der Waals surface area contributed by atoms with Crippen molar-refractivity contribution < 1.29 is 89.4 Å². The molecule has 0 aliphatic carbocycles. The number of aliphatic hydroxyl groups excluding tert-OH is 11. The molecule has 3 aliphatic rings. The summed E-state index contributed by atoms with van der Waals surface area (Å²) in [5.41, 5.74) is 0. The number of hydrogen-bond donors (Lipinski definition) is 12. The van der Waals surface area contributed by atoms with Gasteiger partial charge in [0.25, 0.3) is 0 Å². The normalized spacial score (nSPS) is 27.8. The van der Waals surface area contributed by atoms with Gasteiger partial charge in [0, 0.05) is 6.42 Å². The van der Waals surface area contributed by atoms with E-state index in [0.717, 1.165) is 141 Å². The van der Waals surface area contributed by atoms with E-state index in [1.165, 1.54) is 38.5 Å². The lowest BCUT2D eigenvalue weighted by Crippen LogP contribution is -2.66. The van der Waals surface area contributed by atoms with Crippen molar-refractivity contribution in [3.63, 3.8) is 0 Å². The molecule has 19 nitrogen and oxygen atoms in total. The Labute approximate surface area is 581 Å². The van der Waals surface area contributed by atoms with Gasteiger partial charge in [-0.3, -0.25) is 4.79 Å². The second-order valence-corrected chi connectivity index (χ2v) is 25.3. The van der Waals surface area contributed by atoms with Crippen LogP contribution in [0.25, 0.3) is 0 Å². The molecule has 19 heteroatoms. The lowest BCUT2D eigenvalue weighted by Gasteiger charge is -2.48. The summed E-state index contributed by atoms with van der Waals surface area (Å²) in [5, 5.41) is 120. The van der Waals surface area contributed by atoms with Crippen molar-refractivity contribution in [2.45, 2.75) is 311 Å². The Morgan fingerprint density at radius 1 is 0.381 bits per heavy atom. The lowest BCUT2D eigenvalue weighted by molar-refractivity contribution is -0.379. The van der Waals surface area contributed by atoms with E-state index in [4.69, 9.17) is 28.4 Å². The minimum Gasteiger partial charge on any atom is -0.394 e. The zero-order valence-electron chi connectivity index (χ0n) is 58.5. The molecule has 552 valence electrons. The van der Waals surface area contributed by atoms with Gasteiger partial charge in [-0.2, -0.15) is 0 Å². The number of aliphatic hydroxyl groups is 11. The number of nitrogens with one attached hydrogen (secondary N) is 1. The minimum atomic E-state index is -1.99. The van der Waals surface area contributed by atoms with Crippen LogP contribution < -0.4 is 5.32 Å². The quantitative estimate of drug-likeness (QED) is 0.0199. The van der Waals surface area contributed by atoms with E-state index < -0.39 is 124 Å². The van der Waals surface area contributed by atoms with E-state index in [1.54, 1.807) is 6.08 Å². The fraction of sp³-hybridized carbons (Fsp3) is 0.679. The SMILES string of the molecule is CC/C=C\C/C=C\C/C=C\C/C=C\C/C=C\C/C=C\C/C=C\C/C=C\C/C=C\C/C=C\C/C=C\CCCCCCCCCC(=O)NC(COC1OC(CO)C(OC2OC(CO)C(OC3OC(CO)C(O)C(O)C3O)C(O)C2O)C(O)C1O)C(O)/C=C/CCCCCCCCCCC. The molecule has 3 fully saturated rings. The van der Waals surface area contributed by atoms with Crippen LogP contribution in [0.4, 0.5) is 0 Å². The van der Waals surface area contributed by atoms with E-state index in [2.05, 4.69) is 153 Å². The smallest absolute Gasteiger partial charge is 0.220 e. The first kappa shape index (κ1) is 86.9. The summed E-state index contributed by atoms with van der Waals surface area (Å²) >= 11 is 0. The van der Waals surface area contributed by atoms with E-state index in [-0.39, 0.29) is 18.9 Å². The molecule has 97 heavy (non-hydrogen) atoms. The number of carbonyl (C=O) groups excluding carboxylic acids is 1. The fourth-order valence-corrected chi connectivity index (χ4v) is 11.3. The predicted octanol–water partition coefficient (Wildman–Crippen LogP) is 10.7. The third-order valence-corrected chi connectivity index (χ3v) is 17.1. The highest BCUT2D eigenvalue weighted by atomic mass is 16.8. The van der Waals surface area contributed by atoms with Crippen LogP contribution in [0.3, 0.4) is 0 Å². The van der Waals surface area contributed by atoms with Crippen LogP contribution in [0.2, 0.25) is 0 Å². The predicted molar refractivity (Wildman–Crippen MR) is 382 cm³/mol. The molecular formula is C78H127NO18. The number of unbranched alkanes of at least 4 members (excludes halogenated alkanes) is 16. The molecule has 12 N–H and O–H groups in total. The van der Waals surface area contributed by atoms with Crippen molar-refractivity contribution in [1.29, 1.82) is 0 Å². The number of hydrogen-bond acceptors (Lipinski definition) is 18. The van der Waals surface area contributed by atoms with Gasteiger partial charge in [0.2, 0.25) is 5.91 Å². The summed E-state index contributed by atoms with van der Waals surface area (Å²) in [6.45, 7) is 1.56. The molecule has 1 amide bonds. The molecule has 0 spiro atoms. The zero-order valence-corrected chi connectivity index (χ0v) is 58.5. The van der Waals surface area contributed by atoms with E-state index in [9.17, 15) is 61.0 Å². The Hall–Kier alpha value is -4.33. The number of ether oxygens (including phenoxy) is 6. The molecule has 3 rings (SSSR count). The fourth-order valence-electron chi connectivity index (χ4n) is 11.3. The van der Waals surface area contributed by atoms with Crippen molar-refractivity contribution in [3.8, 4) is 0 Å². The van der Waals surface area contributed by atoms with Gasteiger partial charge >= 0.3 is 0 Å². The largest absolute Gasteiger partial charge is 0.394 e. The molecule has 3 saturated heterocycles. The molecule has 3 aliphatic heterocycles. The molecule has 0 aromatic rings. The van der Waals surface area contributed by atoms with E-state index in [1.807, 2.05) is 6.08 Å². The highest BCUT2D eigenvalue weighted by molar-refractivity contribution is 5.76. The summed E-state index contributed by atoms with van der Waals surface area (Å²) in [5.74, 6) is -0.295. The van der Waals surface area contributed by atoms with Gasteiger partial charge in [-0.15, -0.1) is 0 Å². The Bertz CT molecular complexity index is 2320. The van der Waals surface area contributed by atoms with Crippen molar-refractivity contribution in [2.24, 2.45) is 0 Å². The Balaban J connectivity index is 1.32. The molecule has 0 saturated carbocycles. The molecule has 0 aromatic heterocycles. The van der Waals surface area contributed by atoms with Crippen LogP contribution in [-0.2, 0) is 33.2 Å². The molecule has 0 aromatic carbocycles. The monoisotopic (exact) mass is 1370 g/mol. The van der Waals surface area contributed by atoms with Crippen LogP contribution >= 0.6 is 0 Å². The standard InChI is InChI=1S/C78H127NO18/c1-3-5-7-9-11-13-15-16-17-18-19-20-21-22-23-24-25-26-27-28-29-30-31-32-33-34-35-36-37-38-39-40-41-42-43-44-46-48-50-52-54-56-66(84)79-61(62(83)55-53-51-49-47-45-14-12-10-8-6-4-2)60-92-76-72(90)69(87)74(64(58-81)94-76)97-78-73(91)70(88)75(65(59-82)95-78)96-77-71(89)68(86)67(85)63(57-80)93-77/h5,7,11,13,16-17,19-20,22-23,25-26,28-29,31-32,34-35,37-38,40-41,53,55,61-65,67-78,80-83,85-91H,3-4,6,8-10,12,14-15,18,21,24,27,30,33,36,39,42-52,54,56-60H2,1-2H3,(H,79,84)/b7-5-,13-11-,17-16-,20-19-,23-22-,26-25-,29-28-,32-31-,35-34-,38-37-,41-40-,55-53+. The van der Waals surface area contributed by atoms with Gasteiger partial charge in [0.1, 0.15) is 73.2 Å². The maximum absolute atomic E-state index is 13.4. The van der Waals surface area contributed by atoms with Gasteiger partial charge in [0.15, 0.2) is 18.9 Å². The van der Waals surface area contributed by atoms with Crippen molar-refractivity contribution in [1.82, 2.24) is 5.32 Å². The zero-order chi connectivity index (χ0) is 70.4. The van der Waals surface area contributed by atoms with Crippen LogP contribution in [-0.4, -0.2) is 193 Å². The molecule has 0 bridgehead atoms. The summed E-state index contributed by atoms with van der Waals surface area (Å²) < 4.78 is 34.3. The van der Waals surface area contributed by atoms with Gasteiger partial charge in [-0.1, -0.05) is 243 Å². The second kappa shape index (κ2) is 57.3. The van der Waals surface area contributed by atoms with Gasteiger partial charge in [-0.05, 0) is 103 Å². The average molecular weight is 1370 g/mol. The maximum Gasteiger partial charge on any atom is 0.220 e. The molecule has 17 unspecified atom stereocenters. The maximum atomic E-state index is 13.4. The number of carbonyl (C=O) groups is 1. The van der Waals surface area contributed by atoms with Crippen LogP contribution in [0.1, 0.15) is 206 Å². The molecule has 3 heterocycles. The molecule has 0 radical (unpaired) electrons. The highest BCUT2D eigenvalue weighted by Gasteiger charge is 2.53. The Morgan fingerprint density at radius 3 is 1.11 bits per heavy atom. The first-order chi connectivity index (χ1) is 47.3. The topological polar surface area (TPSA) is 307 Å². The highest BCUT2D eigenvalue weighted by Crippen LogP contribution is 2.33. The second-order valence-electron chi connectivity index (χ2n) is 25.3. The van der Waals surface area contributed by atoms with Crippen LogP contribution in [0.5, 0.6) is 0 Å². The van der Waals surface area contributed by atoms with Gasteiger partial charge in [0.05, 0.1) is 38.6 Å². The summed E-state index contributed by atoms with van der Waals surface area (Å²) in [7, 11) is 0. The first-order valence-corrected chi connectivity index (χ1v) is 36.6. The number of rotatable bonds is 54. The summed E-state index contributed by atoms with van der Waals surface area (Å²) in [4.78, 5) is 13.4. The van der Waals surface area contributed by atoms with Crippen LogP contribution in [0, 0.1) is 0 Å². The van der Waals surface area contributed by atoms with Crippen molar-refractivity contribution >= 4 is 5.91 Å². The number of amides is 1. The molecular weight excluding hydrogens is 1240 g/mol. The number of allylic oxidation sites excluding steroid dienone is 23. The lowest BCUT2D eigenvalue weighted by atomic mass is 9.96. The summed E-state index contributed by atoms with van der Waals surface area (Å²) in [6.07, 6.45) is 55.6. The average Bonchev–Trinajstić information content (AvgIpc) is 0.790.